The van der Waals surface area contributed by atoms with Crippen molar-refractivity contribution in [3.05, 3.63) is 29.8 Å². The van der Waals surface area contributed by atoms with Gasteiger partial charge in [-0.05, 0) is 37.1 Å². The summed E-state index contributed by atoms with van der Waals surface area (Å²) in [5.74, 6) is -0.563. The summed E-state index contributed by atoms with van der Waals surface area (Å²) in [6, 6.07) is 4.76. The molecule has 1 amide bonds. The zero-order chi connectivity index (χ0) is 22.2. The quantitative estimate of drug-likeness (QED) is 0.587. The molecule has 1 N–H and O–H groups in total. The number of amides is 1. The smallest absolute Gasteiger partial charge is 0.253 e. The molecule has 2 aliphatic heterocycles. The Balaban J connectivity index is 1.67. The van der Waals surface area contributed by atoms with Crippen LogP contribution < -0.4 is 4.72 Å². The molecule has 1 atom stereocenters. The lowest BCUT2D eigenvalue weighted by molar-refractivity contribution is 0.0764. The standard InChI is InChI=1S/C17H25N3O7S3/c1-28(22,23)20-9-2-8-19(10-11-20)17(21)14-3-5-16(6-4-14)30(26,27)18-15-7-12-29(24,25)13-15/h3-6,15,18H,2,7-13H2,1H3. The molecule has 0 aromatic heterocycles. The SMILES string of the molecule is CS(=O)(=O)N1CCCN(C(=O)c2ccc(S(=O)(=O)NC3CCS(=O)(=O)C3)cc2)CC1. The predicted molar refractivity (Wildman–Crippen MR) is 111 cm³/mol. The molecule has 1 unspecified atom stereocenters. The van der Waals surface area contributed by atoms with Crippen molar-refractivity contribution in [3.63, 3.8) is 0 Å². The van der Waals surface area contributed by atoms with Crippen LogP contribution in [0.1, 0.15) is 23.2 Å². The Kier molecular flexibility index (Phi) is 6.58. The van der Waals surface area contributed by atoms with Gasteiger partial charge < -0.3 is 4.90 Å². The lowest BCUT2D eigenvalue weighted by atomic mass is 10.2. The molecule has 168 valence electrons. The van der Waals surface area contributed by atoms with Crippen LogP contribution in [0.25, 0.3) is 0 Å². The van der Waals surface area contributed by atoms with Gasteiger partial charge in [0, 0.05) is 37.8 Å². The zero-order valence-electron chi connectivity index (χ0n) is 16.5. The third kappa shape index (κ3) is 5.58. The van der Waals surface area contributed by atoms with Gasteiger partial charge in [0.15, 0.2) is 9.84 Å². The summed E-state index contributed by atoms with van der Waals surface area (Å²) < 4.78 is 75.2. The van der Waals surface area contributed by atoms with Crippen molar-refractivity contribution in [1.29, 1.82) is 0 Å². The van der Waals surface area contributed by atoms with E-state index in [0.717, 1.165) is 6.26 Å². The number of sulfonamides is 2. The molecular weight excluding hydrogens is 454 g/mol. The van der Waals surface area contributed by atoms with Crippen LogP contribution >= 0.6 is 0 Å². The molecule has 10 nitrogen and oxygen atoms in total. The molecule has 30 heavy (non-hydrogen) atoms. The molecule has 0 bridgehead atoms. The molecule has 13 heteroatoms. The van der Waals surface area contributed by atoms with E-state index < -0.39 is 35.9 Å². The average Bonchev–Trinajstić information content (AvgIpc) is 2.85. The fraction of sp³-hybridized carbons (Fsp3) is 0.588. The third-order valence-electron chi connectivity index (χ3n) is 5.18. The zero-order valence-corrected chi connectivity index (χ0v) is 19.0. The minimum absolute atomic E-state index is 0.0414. The van der Waals surface area contributed by atoms with E-state index in [4.69, 9.17) is 0 Å². The van der Waals surface area contributed by atoms with Gasteiger partial charge in [0.25, 0.3) is 5.91 Å². The first kappa shape index (κ1) is 23.1. The van der Waals surface area contributed by atoms with Gasteiger partial charge in [-0.2, -0.15) is 0 Å². The summed E-state index contributed by atoms with van der Waals surface area (Å²) in [4.78, 5) is 14.2. The summed E-state index contributed by atoms with van der Waals surface area (Å²) in [5.41, 5.74) is 0.296. The Morgan fingerprint density at radius 2 is 1.70 bits per heavy atom. The predicted octanol–water partition coefficient (Wildman–Crippen LogP) is -0.740. The average molecular weight is 480 g/mol. The number of sulfone groups is 1. The minimum Gasteiger partial charge on any atom is -0.337 e. The van der Waals surface area contributed by atoms with Gasteiger partial charge in [0.2, 0.25) is 20.0 Å². The number of nitrogens with one attached hydrogen (secondary N) is 1. The number of nitrogens with zero attached hydrogens (tertiary/aromatic N) is 2. The topological polar surface area (TPSA) is 138 Å². The van der Waals surface area contributed by atoms with E-state index >= 15 is 0 Å². The summed E-state index contributed by atoms with van der Waals surface area (Å²) >= 11 is 0. The fourth-order valence-corrected chi connectivity index (χ4v) is 7.49. The first-order valence-electron chi connectivity index (χ1n) is 9.45. The number of carbonyl (C=O) groups excluding carboxylic acids is 1. The maximum atomic E-state index is 12.7. The largest absolute Gasteiger partial charge is 0.337 e. The Hall–Kier alpha value is -1.54. The van der Waals surface area contributed by atoms with Crippen molar-refractivity contribution in [3.8, 4) is 0 Å². The molecule has 0 saturated carbocycles. The molecule has 2 saturated heterocycles. The van der Waals surface area contributed by atoms with E-state index in [9.17, 15) is 30.0 Å². The first-order chi connectivity index (χ1) is 13.9. The van der Waals surface area contributed by atoms with E-state index in [2.05, 4.69) is 4.72 Å². The monoisotopic (exact) mass is 479 g/mol. The Bertz CT molecular complexity index is 1110. The van der Waals surface area contributed by atoms with Crippen LogP contribution in [0.2, 0.25) is 0 Å². The highest BCUT2D eigenvalue weighted by atomic mass is 32.2. The van der Waals surface area contributed by atoms with Gasteiger partial charge in [0.05, 0.1) is 22.7 Å². The van der Waals surface area contributed by atoms with Gasteiger partial charge in [-0.1, -0.05) is 0 Å². The highest BCUT2D eigenvalue weighted by molar-refractivity contribution is 7.92. The van der Waals surface area contributed by atoms with E-state index in [1.807, 2.05) is 0 Å². The van der Waals surface area contributed by atoms with Crippen molar-refractivity contribution >= 4 is 35.8 Å². The van der Waals surface area contributed by atoms with Crippen LogP contribution in [0.5, 0.6) is 0 Å². The number of benzene rings is 1. The van der Waals surface area contributed by atoms with Gasteiger partial charge in [-0.3, -0.25) is 4.79 Å². The van der Waals surface area contributed by atoms with Crippen LogP contribution in [0.15, 0.2) is 29.2 Å². The molecule has 2 aliphatic rings. The number of rotatable bonds is 5. The lowest BCUT2D eigenvalue weighted by Gasteiger charge is -2.21. The van der Waals surface area contributed by atoms with Crippen LogP contribution in [-0.2, 0) is 29.9 Å². The van der Waals surface area contributed by atoms with Crippen molar-refractivity contribution in [1.82, 2.24) is 13.9 Å². The second kappa shape index (κ2) is 8.54. The second-order valence-electron chi connectivity index (χ2n) is 7.55. The molecular formula is C17H25N3O7S3. The lowest BCUT2D eigenvalue weighted by Crippen LogP contribution is -2.37. The highest BCUT2D eigenvalue weighted by Crippen LogP contribution is 2.18. The third-order valence-corrected chi connectivity index (χ3v) is 9.78. The summed E-state index contributed by atoms with van der Waals surface area (Å²) in [6.07, 6.45) is 1.88. The van der Waals surface area contributed by atoms with Gasteiger partial charge >= 0.3 is 0 Å². The number of hydrogen-bond acceptors (Lipinski definition) is 7. The summed E-state index contributed by atoms with van der Waals surface area (Å²) in [7, 11) is -10.4. The normalized spacial score (nSPS) is 23.2. The minimum atomic E-state index is -3.90. The fourth-order valence-electron chi connectivity index (χ4n) is 3.56. The Morgan fingerprint density at radius 3 is 2.27 bits per heavy atom. The van der Waals surface area contributed by atoms with Gasteiger partial charge in [0.1, 0.15) is 0 Å². The van der Waals surface area contributed by atoms with Gasteiger partial charge in [-0.25, -0.2) is 34.3 Å². The maximum absolute atomic E-state index is 12.7. The number of hydrogen-bond donors (Lipinski definition) is 1. The molecule has 1 aromatic carbocycles. The summed E-state index contributed by atoms with van der Waals surface area (Å²) in [5, 5.41) is 0. The van der Waals surface area contributed by atoms with Gasteiger partial charge in [-0.15, -0.1) is 0 Å². The molecule has 1 aromatic rings. The summed E-state index contributed by atoms with van der Waals surface area (Å²) in [6.45, 7) is 1.22. The van der Waals surface area contributed by atoms with E-state index in [1.165, 1.54) is 28.6 Å². The van der Waals surface area contributed by atoms with Crippen LogP contribution in [0.3, 0.4) is 0 Å². The van der Waals surface area contributed by atoms with Crippen molar-refractivity contribution in [2.24, 2.45) is 0 Å². The van der Waals surface area contributed by atoms with Crippen LogP contribution in [0.4, 0.5) is 0 Å². The second-order valence-corrected chi connectivity index (χ2v) is 13.5. The van der Waals surface area contributed by atoms with E-state index in [-0.39, 0.29) is 41.8 Å². The van der Waals surface area contributed by atoms with E-state index in [1.54, 1.807) is 4.90 Å². The maximum Gasteiger partial charge on any atom is 0.253 e. The first-order valence-corrected chi connectivity index (χ1v) is 14.6. The Morgan fingerprint density at radius 1 is 1.03 bits per heavy atom. The van der Waals surface area contributed by atoms with Crippen molar-refractivity contribution < 1.29 is 30.0 Å². The van der Waals surface area contributed by atoms with E-state index in [0.29, 0.717) is 25.1 Å². The Labute approximate surface area is 177 Å². The van der Waals surface area contributed by atoms with Crippen molar-refractivity contribution in [2.75, 3.05) is 43.9 Å². The van der Waals surface area contributed by atoms with Crippen LogP contribution in [-0.4, -0.2) is 90.3 Å². The molecule has 0 aliphatic carbocycles. The molecule has 2 fully saturated rings. The number of carbonyl (C=O) groups is 1. The molecule has 2 heterocycles. The molecule has 0 radical (unpaired) electrons. The molecule has 0 spiro atoms. The highest BCUT2D eigenvalue weighted by Gasteiger charge is 2.31. The van der Waals surface area contributed by atoms with Crippen LogP contribution in [0, 0.1) is 0 Å². The van der Waals surface area contributed by atoms with Crippen molar-refractivity contribution in [2.45, 2.75) is 23.8 Å². The molecule has 3 rings (SSSR count).